The first kappa shape index (κ1) is 16.0. The van der Waals surface area contributed by atoms with Crippen molar-refractivity contribution in [3.8, 4) is 0 Å². The number of nitrogens with zero attached hydrogens (tertiary/aromatic N) is 2. The molecule has 0 bridgehead atoms. The molecule has 0 saturated carbocycles. The summed E-state index contributed by atoms with van der Waals surface area (Å²) in [6, 6.07) is 12.1. The fourth-order valence-corrected chi connectivity index (χ4v) is 2.24. The van der Waals surface area contributed by atoms with Gasteiger partial charge < -0.3 is 10.2 Å². The number of hydrogen-bond donors (Lipinski definition) is 1. The fraction of sp³-hybridized carbons (Fsp3) is 0.333. The largest absolute Gasteiger partial charge is 0.381 e. The molecule has 0 aliphatic rings. The van der Waals surface area contributed by atoms with Crippen LogP contribution in [-0.4, -0.2) is 28.9 Å². The molecular weight excluding hydrogens is 274 g/mol. The molecule has 2 rings (SSSR count). The molecule has 0 atom stereocenters. The average Bonchev–Trinajstić information content (AvgIpc) is 2.55. The molecule has 22 heavy (non-hydrogen) atoms. The number of hydrogen-bond acceptors (Lipinski definition) is 3. The van der Waals surface area contributed by atoms with Crippen LogP contribution >= 0.6 is 0 Å². The number of pyridine rings is 1. The monoisotopic (exact) mass is 297 g/mol. The lowest BCUT2D eigenvalue weighted by Crippen LogP contribution is -2.31. The highest BCUT2D eigenvalue weighted by Gasteiger charge is 2.13. The summed E-state index contributed by atoms with van der Waals surface area (Å²) in [5.41, 5.74) is 3.85. The summed E-state index contributed by atoms with van der Waals surface area (Å²) in [5, 5.41) is 3.34. The highest BCUT2D eigenvalue weighted by molar-refractivity contribution is 5.93. The molecule has 0 unspecified atom stereocenters. The van der Waals surface area contributed by atoms with E-state index in [9.17, 15) is 4.79 Å². The Labute approximate surface area is 132 Å². The van der Waals surface area contributed by atoms with Crippen molar-refractivity contribution in [2.24, 2.45) is 0 Å². The van der Waals surface area contributed by atoms with Gasteiger partial charge in [-0.2, -0.15) is 0 Å². The molecule has 2 aromatic rings. The molecule has 0 aliphatic carbocycles. The molecule has 0 spiro atoms. The summed E-state index contributed by atoms with van der Waals surface area (Å²) in [6.07, 6.45) is 1.67. The van der Waals surface area contributed by atoms with Crippen LogP contribution in [0.5, 0.6) is 0 Å². The Morgan fingerprint density at radius 3 is 2.45 bits per heavy atom. The van der Waals surface area contributed by atoms with Crippen molar-refractivity contribution in [1.29, 1.82) is 0 Å². The number of aromatic nitrogens is 1. The molecule has 1 aromatic carbocycles. The van der Waals surface area contributed by atoms with E-state index in [0.717, 1.165) is 12.2 Å². The number of benzene rings is 1. The zero-order valence-electron chi connectivity index (χ0n) is 13.5. The van der Waals surface area contributed by atoms with Gasteiger partial charge in [-0.3, -0.25) is 9.78 Å². The van der Waals surface area contributed by atoms with E-state index < -0.39 is 0 Å². The lowest BCUT2D eigenvalue weighted by molar-refractivity contribution is 0.0767. The molecule has 1 amide bonds. The molecule has 0 saturated heterocycles. The second-order valence-corrected chi connectivity index (χ2v) is 5.25. The Balaban J connectivity index is 2.05. The zero-order chi connectivity index (χ0) is 15.9. The summed E-state index contributed by atoms with van der Waals surface area (Å²) in [6.45, 7) is 8.13. The molecular formula is C18H23N3O. The van der Waals surface area contributed by atoms with Crippen LogP contribution in [0.25, 0.3) is 0 Å². The van der Waals surface area contributed by atoms with Gasteiger partial charge in [0.15, 0.2) is 0 Å². The third-order valence-electron chi connectivity index (χ3n) is 3.65. The quantitative estimate of drug-likeness (QED) is 0.888. The van der Waals surface area contributed by atoms with Crippen molar-refractivity contribution < 1.29 is 4.79 Å². The van der Waals surface area contributed by atoms with Crippen molar-refractivity contribution in [1.82, 2.24) is 9.88 Å². The average molecular weight is 297 g/mol. The van der Waals surface area contributed by atoms with E-state index in [1.165, 1.54) is 11.1 Å². The van der Waals surface area contributed by atoms with E-state index in [-0.39, 0.29) is 5.91 Å². The number of rotatable bonds is 6. The number of amides is 1. The lowest BCUT2D eigenvalue weighted by atomic mass is 10.1. The predicted octanol–water partition coefficient (Wildman–Crippen LogP) is 3.48. The SMILES string of the molecule is CCN(CC)C(=O)c1cc(NCc2ccc(C)cc2)ccn1. The Kier molecular flexibility index (Phi) is 5.53. The third kappa shape index (κ3) is 4.07. The van der Waals surface area contributed by atoms with E-state index in [1.807, 2.05) is 26.0 Å². The van der Waals surface area contributed by atoms with Crippen LogP contribution in [0.2, 0.25) is 0 Å². The molecule has 1 aromatic heterocycles. The summed E-state index contributed by atoms with van der Waals surface area (Å²) < 4.78 is 0. The highest BCUT2D eigenvalue weighted by atomic mass is 16.2. The molecule has 4 nitrogen and oxygen atoms in total. The van der Waals surface area contributed by atoms with Crippen molar-refractivity contribution in [2.75, 3.05) is 18.4 Å². The third-order valence-corrected chi connectivity index (χ3v) is 3.65. The fourth-order valence-electron chi connectivity index (χ4n) is 2.24. The zero-order valence-corrected chi connectivity index (χ0v) is 13.5. The smallest absolute Gasteiger partial charge is 0.272 e. The van der Waals surface area contributed by atoms with Gasteiger partial charge in [-0.1, -0.05) is 29.8 Å². The van der Waals surface area contributed by atoms with Crippen molar-refractivity contribution in [3.05, 3.63) is 59.4 Å². The Morgan fingerprint density at radius 1 is 1.14 bits per heavy atom. The summed E-state index contributed by atoms with van der Waals surface area (Å²) in [7, 11) is 0. The van der Waals surface area contributed by atoms with Gasteiger partial charge in [-0.25, -0.2) is 0 Å². The van der Waals surface area contributed by atoms with Gasteiger partial charge >= 0.3 is 0 Å². The second kappa shape index (κ2) is 7.59. The molecule has 4 heteroatoms. The number of nitrogens with one attached hydrogen (secondary N) is 1. The number of carbonyl (C=O) groups excluding carboxylic acids is 1. The van der Waals surface area contributed by atoms with Crippen LogP contribution in [0.3, 0.4) is 0 Å². The molecule has 116 valence electrons. The molecule has 0 fully saturated rings. The van der Waals surface area contributed by atoms with E-state index in [4.69, 9.17) is 0 Å². The van der Waals surface area contributed by atoms with Crippen LogP contribution in [-0.2, 0) is 6.54 Å². The Bertz CT molecular complexity index is 618. The summed E-state index contributed by atoms with van der Waals surface area (Å²) in [4.78, 5) is 18.3. The lowest BCUT2D eigenvalue weighted by Gasteiger charge is -2.18. The normalized spacial score (nSPS) is 10.3. The molecule has 0 aliphatic heterocycles. The Morgan fingerprint density at radius 2 is 1.82 bits per heavy atom. The molecule has 1 N–H and O–H groups in total. The maximum Gasteiger partial charge on any atom is 0.272 e. The molecule has 0 radical (unpaired) electrons. The van der Waals surface area contributed by atoms with Gasteiger partial charge in [0.1, 0.15) is 5.69 Å². The first-order chi connectivity index (χ1) is 10.6. The second-order valence-electron chi connectivity index (χ2n) is 5.25. The predicted molar refractivity (Wildman–Crippen MR) is 90.0 cm³/mol. The number of anilines is 1. The van der Waals surface area contributed by atoms with E-state index >= 15 is 0 Å². The van der Waals surface area contributed by atoms with E-state index in [1.54, 1.807) is 11.1 Å². The van der Waals surface area contributed by atoms with Crippen LogP contribution in [0.15, 0.2) is 42.6 Å². The van der Waals surface area contributed by atoms with Gasteiger partial charge in [0, 0.05) is 31.5 Å². The van der Waals surface area contributed by atoms with Crippen LogP contribution < -0.4 is 5.32 Å². The summed E-state index contributed by atoms with van der Waals surface area (Å²) >= 11 is 0. The van der Waals surface area contributed by atoms with Crippen LogP contribution in [0, 0.1) is 6.92 Å². The minimum absolute atomic E-state index is 0.0241. The van der Waals surface area contributed by atoms with Crippen molar-refractivity contribution >= 4 is 11.6 Å². The Hall–Kier alpha value is -2.36. The highest BCUT2D eigenvalue weighted by Crippen LogP contribution is 2.12. The summed E-state index contributed by atoms with van der Waals surface area (Å²) in [5.74, 6) is -0.0241. The van der Waals surface area contributed by atoms with Gasteiger partial charge in [-0.05, 0) is 38.5 Å². The van der Waals surface area contributed by atoms with Crippen molar-refractivity contribution in [3.63, 3.8) is 0 Å². The van der Waals surface area contributed by atoms with Gasteiger partial charge in [0.2, 0.25) is 0 Å². The van der Waals surface area contributed by atoms with Crippen LogP contribution in [0.4, 0.5) is 5.69 Å². The minimum Gasteiger partial charge on any atom is -0.381 e. The van der Waals surface area contributed by atoms with Gasteiger partial charge in [-0.15, -0.1) is 0 Å². The topological polar surface area (TPSA) is 45.2 Å². The maximum absolute atomic E-state index is 12.3. The van der Waals surface area contributed by atoms with Crippen molar-refractivity contribution in [2.45, 2.75) is 27.3 Å². The number of aryl methyl sites for hydroxylation is 1. The number of carbonyl (C=O) groups is 1. The first-order valence-corrected chi connectivity index (χ1v) is 7.68. The minimum atomic E-state index is -0.0241. The van der Waals surface area contributed by atoms with Gasteiger partial charge in [0.05, 0.1) is 0 Å². The maximum atomic E-state index is 12.3. The van der Waals surface area contributed by atoms with E-state index in [0.29, 0.717) is 18.8 Å². The van der Waals surface area contributed by atoms with Crippen LogP contribution in [0.1, 0.15) is 35.5 Å². The standard InChI is InChI=1S/C18H23N3O/c1-4-21(5-2)18(22)17-12-16(10-11-19-17)20-13-15-8-6-14(3)7-9-15/h6-12H,4-5,13H2,1-3H3,(H,19,20). The van der Waals surface area contributed by atoms with E-state index in [2.05, 4.69) is 41.5 Å². The first-order valence-electron chi connectivity index (χ1n) is 7.68. The molecule has 1 heterocycles. The van der Waals surface area contributed by atoms with Gasteiger partial charge in [0.25, 0.3) is 5.91 Å².